The van der Waals surface area contributed by atoms with Crippen molar-refractivity contribution < 1.29 is 13.9 Å². The monoisotopic (exact) mass is 263 g/mol. The molecule has 0 bridgehead atoms. The lowest BCUT2D eigenvalue weighted by Gasteiger charge is -2.10. The molecule has 0 saturated carbocycles. The molecule has 0 aliphatic carbocycles. The second kappa shape index (κ2) is 5.17. The fourth-order valence-corrected chi connectivity index (χ4v) is 1.73. The summed E-state index contributed by atoms with van der Waals surface area (Å²) in [6.45, 7) is 3.81. The fourth-order valence-electron chi connectivity index (χ4n) is 1.73. The average molecular weight is 263 g/mol. The first kappa shape index (κ1) is 13.2. The van der Waals surface area contributed by atoms with Crippen LogP contribution in [0.3, 0.4) is 0 Å². The standard InChI is InChI=1S/C13H14FN3O2/c1-8(2)17-12(11(19-3)7-16-17)13(18)10-5-4-9(14)6-15-10/h4-8H,1-3H3. The Morgan fingerprint density at radius 1 is 1.37 bits per heavy atom. The van der Waals surface area contributed by atoms with E-state index in [9.17, 15) is 9.18 Å². The molecule has 19 heavy (non-hydrogen) atoms. The van der Waals surface area contributed by atoms with Crippen molar-refractivity contribution in [2.24, 2.45) is 0 Å². The zero-order chi connectivity index (χ0) is 14.0. The Hall–Kier alpha value is -2.24. The van der Waals surface area contributed by atoms with Crippen molar-refractivity contribution in [2.45, 2.75) is 19.9 Å². The number of halogens is 1. The van der Waals surface area contributed by atoms with Gasteiger partial charge in [-0.3, -0.25) is 9.48 Å². The highest BCUT2D eigenvalue weighted by molar-refractivity contribution is 6.08. The normalized spacial score (nSPS) is 10.8. The highest BCUT2D eigenvalue weighted by atomic mass is 19.1. The minimum atomic E-state index is -0.485. The van der Waals surface area contributed by atoms with E-state index < -0.39 is 5.82 Å². The predicted octanol–water partition coefficient (Wildman–Crippen LogP) is 2.24. The van der Waals surface area contributed by atoms with Crippen molar-refractivity contribution in [3.8, 4) is 5.75 Å². The van der Waals surface area contributed by atoms with Gasteiger partial charge in [0.2, 0.25) is 5.78 Å². The molecule has 2 heterocycles. The molecule has 0 radical (unpaired) electrons. The average Bonchev–Trinajstić information content (AvgIpc) is 2.82. The van der Waals surface area contributed by atoms with E-state index in [1.165, 1.54) is 25.4 Å². The van der Waals surface area contributed by atoms with Crippen LogP contribution in [-0.4, -0.2) is 27.7 Å². The highest BCUT2D eigenvalue weighted by Crippen LogP contribution is 2.23. The third-order valence-corrected chi connectivity index (χ3v) is 2.65. The Labute approximate surface area is 110 Å². The summed E-state index contributed by atoms with van der Waals surface area (Å²) in [5.41, 5.74) is 0.471. The van der Waals surface area contributed by atoms with Gasteiger partial charge in [-0.1, -0.05) is 0 Å². The predicted molar refractivity (Wildman–Crippen MR) is 66.8 cm³/mol. The van der Waals surface area contributed by atoms with E-state index in [1.54, 1.807) is 4.68 Å². The van der Waals surface area contributed by atoms with Crippen LogP contribution in [0.15, 0.2) is 24.5 Å². The number of nitrogens with zero attached hydrogens (tertiary/aromatic N) is 3. The van der Waals surface area contributed by atoms with Gasteiger partial charge in [-0.05, 0) is 26.0 Å². The largest absolute Gasteiger partial charge is 0.493 e. The molecule has 0 aliphatic heterocycles. The summed E-state index contributed by atoms with van der Waals surface area (Å²) < 4.78 is 19.5. The Kier molecular flexibility index (Phi) is 3.59. The Morgan fingerprint density at radius 3 is 2.63 bits per heavy atom. The topological polar surface area (TPSA) is 57.0 Å². The summed E-state index contributed by atoms with van der Waals surface area (Å²) >= 11 is 0. The van der Waals surface area contributed by atoms with Crippen molar-refractivity contribution in [2.75, 3.05) is 7.11 Å². The quantitative estimate of drug-likeness (QED) is 0.794. The second-order valence-electron chi connectivity index (χ2n) is 4.29. The van der Waals surface area contributed by atoms with Crippen molar-refractivity contribution in [1.29, 1.82) is 0 Å². The molecule has 0 spiro atoms. The van der Waals surface area contributed by atoms with Crippen molar-refractivity contribution in [3.05, 3.63) is 41.7 Å². The third-order valence-electron chi connectivity index (χ3n) is 2.65. The van der Waals surface area contributed by atoms with Gasteiger partial charge in [0, 0.05) is 6.04 Å². The molecule has 0 aromatic carbocycles. The first-order chi connectivity index (χ1) is 9.04. The first-order valence-corrected chi connectivity index (χ1v) is 5.82. The molecule has 2 aromatic heterocycles. The van der Waals surface area contributed by atoms with E-state index in [4.69, 9.17) is 4.74 Å². The van der Waals surface area contributed by atoms with E-state index >= 15 is 0 Å². The maximum atomic E-state index is 12.8. The van der Waals surface area contributed by atoms with E-state index in [1.807, 2.05) is 13.8 Å². The molecule has 0 aliphatic rings. The number of pyridine rings is 1. The summed E-state index contributed by atoms with van der Waals surface area (Å²) in [5.74, 6) is -0.450. The van der Waals surface area contributed by atoms with Crippen molar-refractivity contribution >= 4 is 5.78 Å². The number of aromatic nitrogens is 3. The van der Waals surface area contributed by atoms with Gasteiger partial charge in [0.15, 0.2) is 11.4 Å². The van der Waals surface area contributed by atoms with E-state index in [-0.39, 0.29) is 17.5 Å². The molecule has 100 valence electrons. The van der Waals surface area contributed by atoms with Crippen LogP contribution in [-0.2, 0) is 0 Å². The molecule has 0 N–H and O–H groups in total. The molecule has 5 nitrogen and oxygen atoms in total. The van der Waals surface area contributed by atoms with Crippen LogP contribution in [0.25, 0.3) is 0 Å². The van der Waals surface area contributed by atoms with Gasteiger partial charge in [0.05, 0.1) is 19.5 Å². The van der Waals surface area contributed by atoms with Crippen LogP contribution in [0.5, 0.6) is 5.75 Å². The zero-order valence-corrected chi connectivity index (χ0v) is 10.9. The minimum absolute atomic E-state index is 0.00305. The van der Waals surface area contributed by atoms with Crippen LogP contribution in [0.1, 0.15) is 36.1 Å². The molecular weight excluding hydrogens is 249 g/mol. The number of ether oxygens (including phenoxy) is 1. The van der Waals surface area contributed by atoms with E-state index in [0.717, 1.165) is 6.20 Å². The fraction of sp³-hybridized carbons (Fsp3) is 0.308. The van der Waals surface area contributed by atoms with Gasteiger partial charge in [0.1, 0.15) is 11.5 Å². The number of ketones is 1. The van der Waals surface area contributed by atoms with Crippen LogP contribution in [0.2, 0.25) is 0 Å². The number of carbonyl (C=O) groups is 1. The van der Waals surface area contributed by atoms with Crippen molar-refractivity contribution in [1.82, 2.24) is 14.8 Å². The summed E-state index contributed by atoms with van der Waals surface area (Å²) in [6.07, 6.45) is 2.49. The maximum absolute atomic E-state index is 12.8. The lowest BCUT2D eigenvalue weighted by molar-refractivity contribution is 0.101. The minimum Gasteiger partial charge on any atom is -0.493 e. The van der Waals surface area contributed by atoms with Crippen LogP contribution >= 0.6 is 0 Å². The molecule has 0 atom stereocenters. The van der Waals surface area contributed by atoms with Crippen LogP contribution in [0, 0.1) is 5.82 Å². The molecule has 0 unspecified atom stereocenters. The lowest BCUT2D eigenvalue weighted by Crippen LogP contribution is -2.15. The van der Waals surface area contributed by atoms with Gasteiger partial charge in [-0.25, -0.2) is 9.37 Å². The van der Waals surface area contributed by atoms with Gasteiger partial charge >= 0.3 is 0 Å². The van der Waals surface area contributed by atoms with Gasteiger partial charge in [-0.15, -0.1) is 0 Å². The Morgan fingerprint density at radius 2 is 2.11 bits per heavy atom. The van der Waals surface area contributed by atoms with E-state index in [0.29, 0.717) is 11.4 Å². The van der Waals surface area contributed by atoms with Crippen LogP contribution in [0.4, 0.5) is 4.39 Å². The molecule has 0 fully saturated rings. The molecule has 6 heteroatoms. The summed E-state index contributed by atoms with van der Waals surface area (Å²) in [6, 6.07) is 2.54. The zero-order valence-electron chi connectivity index (χ0n) is 10.9. The maximum Gasteiger partial charge on any atom is 0.233 e. The lowest BCUT2D eigenvalue weighted by atomic mass is 10.1. The first-order valence-electron chi connectivity index (χ1n) is 5.82. The van der Waals surface area contributed by atoms with Gasteiger partial charge < -0.3 is 4.74 Å². The SMILES string of the molecule is COc1cnn(C(C)C)c1C(=O)c1ccc(F)cn1. The molecule has 0 saturated heterocycles. The smallest absolute Gasteiger partial charge is 0.233 e. The number of hydrogen-bond acceptors (Lipinski definition) is 4. The Bertz CT molecular complexity index is 590. The second-order valence-corrected chi connectivity index (χ2v) is 4.29. The number of rotatable bonds is 4. The number of carbonyl (C=O) groups excluding carboxylic acids is 1. The number of methoxy groups -OCH3 is 1. The summed E-state index contributed by atoms with van der Waals surface area (Å²) in [4.78, 5) is 16.2. The van der Waals surface area contributed by atoms with Gasteiger partial charge in [-0.2, -0.15) is 5.10 Å². The highest BCUT2D eigenvalue weighted by Gasteiger charge is 2.23. The number of hydrogen-bond donors (Lipinski definition) is 0. The molecule has 2 aromatic rings. The third kappa shape index (κ3) is 2.47. The van der Waals surface area contributed by atoms with E-state index in [2.05, 4.69) is 10.1 Å². The summed E-state index contributed by atoms with van der Waals surface area (Å²) in [7, 11) is 1.47. The summed E-state index contributed by atoms with van der Waals surface area (Å²) in [5, 5.41) is 4.12. The van der Waals surface area contributed by atoms with Crippen molar-refractivity contribution in [3.63, 3.8) is 0 Å². The molecule has 2 rings (SSSR count). The van der Waals surface area contributed by atoms with Gasteiger partial charge in [0.25, 0.3) is 0 Å². The Balaban J connectivity index is 2.48. The molecule has 0 amide bonds. The van der Waals surface area contributed by atoms with Crippen LogP contribution < -0.4 is 4.74 Å². The molecular formula is C13H14FN3O2.